The fourth-order valence-corrected chi connectivity index (χ4v) is 5.41. The summed E-state index contributed by atoms with van der Waals surface area (Å²) < 4.78 is 15.5. The number of esters is 1. The number of nitrogens with zero attached hydrogens (tertiary/aromatic N) is 1. The number of likely N-dealkylation sites (tertiary alicyclic amines) is 1. The number of nitrogens with one attached hydrogen (secondary N) is 1. The molecule has 2 saturated carbocycles. The highest BCUT2D eigenvalue weighted by Gasteiger charge is 2.60. The molecule has 2 aliphatic carbocycles. The second-order valence-electron chi connectivity index (χ2n) is 9.20. The molecule has 0 radical (unpaired) electrons. The number of carbonyl (C=O) groups excluding carboxylic acids is 3. The molecular formula is C24H32N2O6. The molecule has 1 N–H and O–H groups in total. The predicted octanol–water partition coefficient (Wildman–Crippen LogP) is 2.17. The van der Waals surface area contributed by atoms with Crippen LogP contribution in [0.25, 0.3) is 0 Å². The Morgan fingerprint density at radius 3 is 2.12 bits per heavy atom. The van der Waals surface area contributed by atoms with Gasteiger partial charge in [0.25, 0.3) is 0 Å². The molecule has 32 heavy (non-hydrogen) atoms. The lowest BCUT2D eigenvalue weighted by Gasteiger charge is -2.24. The summed E-state index contributed by atoms with van der Waals surface area (Å²) in [5.41, 5.74) is 0.915. The standard InChI is InChI=1S/C24H32N2O6/c1-13(16-8-17(30-2)10-18(9-16)31-3)25-22(27)21-19-11-26(12-20(19)21)23(28)14-5-6-15(7-14)24(29)32-4/h8-10,13-15,19-21H,5-7,11-12H2,1-4H3,(H,25,27)/t13-,14?,15?,19-,20+,21?/m0/s1. The van der Waals surface area contributed by atoms with Gasteiger partial charge in [-0.2, -0.15) is 0 Å². The first-order chi connectivity index (χ1) is 15.4. The molecule has 0 bridgehead atoms. The van der Waals surface area contributed by atoms with Crippen LogP contribution in [0.2, 0.25) is 0 Å². The molecule has 0 aromatic heterocycles. The number of rotatable bonds is 7. The zero-order valence-corrected chi connectivity index (χ0v) is 19.1. The molecule has 0 spiro atoms. The lowest BCUT2D eigenvalue weighted by atomic mass is 10.0. The molecule has 3 fully saturated rings. The second kappa shape index (κ2) is 9.00. The number of amides is 2. The largest absolute Gasteiger partial charge is 0.497 e. The monoisotopic (exact) mass is 444 g/mol. The molecule has 4 rings (SSSR count). The van der Waals surface area contributed by atoms with Crippen molar-refractivity contribution in [3.05, 3.63) is 23.8 Å². The number of hydrogen-bond donors (Lipinski definition) is 1. The predicted molar refractivity (Wildman–Crippen MR) is 116 cm³/mol. The van der Waals surface area contributed by atoms with Crippen molar-refractivity contribution in [3.8, 4) is 11.5 Å². The van der Waals surface area contributed by atoms with Crippen molar-refractivity contribution < 1.29 is 28.6 Å². The Kier molecular flexibility index (Phi) is 6.31. The van der Waals surface area contributed by atoms with Gasteiger partial charge in [0, 0.05) is 31.0 Å². The fourth-order valence-electron chi connectivity index (χ4n) is 5.41. The molecule has 1 aromatic rings. The molecule has 2 amide bonds. The summed E-state index contributed by atoms with van der Waals surface area (Å²) in [6.07, 6.45) is 2.01. The minimum Gasteiger partial charge on any atom is -0.497 e. The van der Waals surface area contributed by atoms with E-state index in [4.69, 9.17) is 14.2 Å². The third-order valence-electron chi connectivity index (χ3n) is 7.36. The SMILES string of the molecule is COC(=O)C1CCC(C(=O)N2C[C@@H]3C(C(=O)N[C@@H](C)c4cc(OC)cc(OC)c4)[C@@H]3C2)C1. The van der Waals surface area contributed by atoms with Gasteiger partial charge in [0.2, 0.25) is 11.8 Å². The summed E-state index contributed by atoms with van der Waals surface area (Å²) in [5.74, 6) is 1.44. The topological polar surface area (TPSA) is 94.2 Å². The molecule has 1 heterocycles. The lowest BCUT2D eigenvalue weighted by Crippen LogP contribution is -2.38. The van der Waals surface area contributed by atoms with E-state index in [1.54, 1.807) is 20.3 Å². The van der Waals surface area contributed by atoms with Crippen LogP contribution in [-0.2, 0) is 19.1 Å². The highest BCUT2D eigenvalue weighted by Crippen LogP contribution is 2.52. The van der Waals surface area contributed by atoms with Gasteiger partial charge < -0.3 is 24.4 Å². The van der Waals surface area contributed by atoms with Crippen LogP contribution in [0.4, 0.5) is 0 Å². The van der Waals surface area contributed by atoms with Gasteiger partial charge in [0.1, 0.15) is 11.5 Å². The highest BCUT2D eigenvalue weighted by atomic mass is 16.5. The minimum absolute atomic E-state index is 0.0352. The van der Waals surface area contributed by atoms with E-state index in [9.17, 15) is 14.4 Å². The van der Waals surface area contributed by atoms with Gasteiger partial charge >= 0.3 is 5.97 Å². The van der Waals surface area contributed by atoms with Crippen LogP contribution < -0.4 is 14.8 Å². The van der Waals surface area contributed by atoms with Crippen LogP contribution in [0.15, 0.2) is 18.2 Å². The molecule has 174 valence electrons. The summed E-state index contributed by atoms with van der Waals surface area (Å²) in [4.78, 5) is 39.4. The minimum atomic E-state index is -0.218. The van der Waals surface area contributed by atoms with Crippen LogP contribution in [0.5, 0.6) is 11.5 Å². The Balaban J connectivity index is 1.28. The van der Waals surface area contributed by atoms with E-state index in [1.165, 1.54) is 7.11 Å². The number of carbonyl (C=O) groups is 3. The number of piperidine rings is 1. The van der Waals surface area contributed by atoms with Crippen molar-refractivity contribution in [1.82, 2.24) is 10.2 Å². The Hall–Kier alpha value is -2.77. The molecule has 8 nitrogen and oxygen atoms in total. The van der Waals surface area contributed by atoms with Gasteiger partial charge in [0.05, 0.1) is 33.3 Å². The van der Waals surface area contributed by atoms with Crippen molar-refractivity contribution in [2.75, 3.05) is 34.4 Å². The zero-order chi connectivity index (χ0) is 23.0. The van der Waals surface area contributed by atoms with Crippen LogP contribution in [0.3, 0.4) is 0 Å². The smallest absolute Gasteiger partial charge is 0.308 e. The van der Waals surface area contributed by atoms with Crippen LogP contribution in [-0.4, -0.2) is 57.1 Å². The number of fused-ring (bicyclic) bond motifs is 1. The van der Waals surface area contributed by atoms with Crippen molar-refractivity contribution >= 4 is 17.8 Å². The maximum atomic E-state index is 12.9. The molecule has 3 unspecified atom stereocenters. The first-order valence-electron chi connectivity index (χ1n) is 11.3. The summed E-state index contributed by atoms with van der Waals surface area (Å²) in [7, 11) is 4.59. The van der Waals surface area contributed by atoms with Gasteiger partial charge in [0.15, 0.2) is 0 Å². The normalized spacial score (nSPS) is 29.1. The van der Waals surface area contributed by atoms with Crippen molar-refractivity contribution in [1.29, 1.82) is 0 Å². The zero-order valence-electron chi connectivity index (χ0n) is 19.1. The van der Waals surface area contributed by atoms with Gasteiger partial charge in [-0.3, -0.25) is 14.4 Å². The van der Waals surface area contributed by atoms with E-state index in [0.29, 0.717) is 37.4 Å². The molecule has 1 saturated heterocycles. The van der Waals surface area contributed by atoms with Gasteiger partial charge in [-0.25, -0.2) is 0 Å². The third kappa shape index (κ3) is 4.27. The summed E-state index contributed by atoms with van der Waals surface area (Å²) in [5, 5.41) is 3.11. The van der Waals surface area contributed by atoms with E-state index in [0.717, 1.165) is 12.0 Å². The van der Waals surface area contributed by atoms with Crippen molar-refractivity contribution in [3.63, 3.8) is 0 Å². The van der Waals surface area contributed by atoms with Crippen LogP contribution >= 0.6 is 0 Å². The molecule has 8 heteroatoms. The van der Waals surface area contributed by atoms with E-state index in [-0.39, 0.29) is 53.4 Å². The molecule has 3 aliphatic rings. The van der Waals surface area contributed by atoms with E-state index in [2.05, 4.69) is 5.32 Å². The number of methoxy groups -OCH3 is 3. The summed E-state index contributed by atoms with van der Waals surface area (Å²) >= 11 is 0. The van der Waals surface area contributed by atoms with Gasteiger partial charge in [-0.15, -0.1) is 0 Å². The second-order valence-corrected chi connectivity index (χ2v) is 9.20. The number of hydrogen-bond acceptors (Lipinski definition) is 6. The van der Waals surface area contributed by atoms with Crippen LogP contribution in [0.1, 0.15) is 37.8 Å². The summed E-state index contributed by atoms with van der Waals surface area (Å²) in [6.45, 7) is 3.20. The molecule has 1 aliphatic heterocycles. The lowest BCUT2D eigenvalue weighted by molar-refractivity contribution is -0.145. The van der Waals surface area contributed by atoms with Crippen LogP contribution in [0, 0.1) is 29.6 Å². The number of ether oxygens (including phenoxy) is 3. The average Bonchev–Trinajstić information content (AvgIpc) is 3.15. The van der Waals surface area contributed by atoms with E-state index < -0.39 is 0 Å². The Morgan fingerprint density at radius 1 is 0.969 bits per heavy atom. The first kappa shape index (κ1) is 22.4. The van der Waals surface area contributed by atoms with Gasteiger partial charge in [-0.1, -0.05) is 0 Å². The highest BCUT2D eigenvalue weighted by molar-refractivity contribution is 5.85. The maximum absolute atomic E-state index is 12.9. The molecular weight excluding hydrogens is 412 g/mol. The summed E-state index contributed by atoms with van der Waals surface area (Å²) in [6, 6.07) is 5.40. The average molecular weight is 445 g/mol. The fraction of sp³-hybridized carbons (Fsp3) is 0.625. The molecule has 6 atom stereocenters. The molecule has 1 aromatic carbocycles. The van der Waals surface area contributed by atoms with Crippen molar-refractivity contribution in [2.24, 2.45) is 29.6 Å². The first-order valence-corrected chi connectivity index (χ1v) is 11.3. The Morgan fingerprint density at radius 2 is 1.56 bits per heavy atom. The Bertz CT molecular complexity index is 868. The Labute approximate surface area is 188 Å². The third-order valence-corrected chi connectivity index (χ3v) is 7.36. The van der Waals surface area contributed by atoms with Crippen molar-refractivity contribution in [2.45, 2.75) is 32.2 Å². The van der Waals surface area contributed by atoms with Gasteiger partial charge in [-0.05, 0) is 55.7 Å². The van der Waals surface area contributed by atoms with E-state index >= 15 is 0 Å². The maximum Gasteiger partial charge on any atom is 0.308 e. The van der Waals surface area contributed by atoms with E-state index in [1.807, 2.05) is 24.0 Å². The quantitative estimate of drug-likeness (QED) is 0.648. The number of benzene rings is 1.